The fraction of sp³-hybridized carbons (Fsp3) is 0.167. The minimum Gasteiger partial charge on any atom is -0.325 e. The predicted molar refractivity (Wildman–Crippen MR) is 107 cm³/mol. The van der Waals surface area contributed by atoms with Gasteiger partial charge in [0.15, 0.2) is 5.16 Å². The highest BCUT2D eigenvalue weighted by Gasteiger charge is 2.21. The Balaban J connectivity index is 1.58. The molecule has 1 aliphatic rings. The molecule has 0 saturated heterocycles. The van der Waals surface area contributed by atoms with Crippen LogP contribution in [0.25, 0.3) is 11.3 Å². The highest BCUT2D eigenvalue weighted by Crippen LogP contribution is 2.30. The fourth-order valence-electron chi connectivity index (χ4n) is 2.96. The zero-order valence-corrected chi connectivity index (χ0v) is 16.5. The monoisotopic (exact) mass is 416 g/mol. The van der Waals surface area contributed by atoms with Crippen molar-refractivity contribution in [3.8, 4) is 11.3 Å². The number of fused-ring (bicyclic) bond motifs is 1. The Morgan fingerprint density at radius 2 is 1.96 bits per heavy atom. The molecular formula is C18H16N4O4S2. The van der Waals surface area contributed by atoms with Crippen molar-refractivity contribution in [3.05, 3.63) is 64.3 Å². The predicted octanol–water partition coefficient (Wildman–Crippen LogP) is 3.67. The number of rotatable bonds is 5. The van der Waals surface area contributed by atoms with Crippen LogP contribution in [0.5, 0.6) is 0 Å². The average molecular weight is 416 g/mol. The molecule has 0 unspecified atom stereocenters. The third-order valence-corrected chi connectivity index (χ3v) is 6.90. The number of nitrogens with one attached hydrogen (secondary N) is 1. The Morgan fingerprint density at radius 3 is 2.64 bits per heavy atom. The van der Waals surface area contributed by atoms with Crippen molar-refractivity contribution in [1.82, 2.24) is 9.55 Å². The van der Waals surface area contributed by atoms with Gasteiger partial charge in [0, 0.05) is 41.9 Å². The lowest BCUT2D eigenvalue weighted by Crippen LogP contribution is -2.14. The molecular weight excluding hydrogens is 400 g/mol. The molecule has 0 radical (unpaired) electrons. The first-order chi connectivity index (χ1) is 13.3. The van der Waals surface area contributed by atoms with E-state index >= 15 is 0 Å². The molecule has 8 nitrogen and oxygen atoms in total. The Morgan fingerprint density at radius 1 is 1.21 bits per heavy atom. The zero-order chi connectivity index (χ0) is 19.9. The number of nitro benzene ring substituents is 1. The largest absolute Gasteiger partial charge is 0.325 e. The second-order valence-corrected chi connectivity index (χ2v) is 9.05. The smallest absolute Gasteiger partial charge is 0.270 e. The van der Waals surface area contributed by atoms with E-state index in [4.69, 9.17) is 0 Å². The van der Waals surface area contributed by atoms with Crippen molar-refractivity contribution >= 4 is 33.2 Å². The van der Waals surface area contributed by atoms with Gasteiger partial charge in [-0.3, -0.25) is 14.8 Å². The van der Waals surface area contributed by atoms with E-state index in [-0.39, 0.29) is 10.6 Å². The van der Waals surface area contributed by atoms with Gasteiger partial charge in [-0.15, -0.1) is 0 Å². The first-order valence-corrected chi connectivity index (χ1v) is 10.9. The highest BCUT2D eigenvalue weighted by molar-refractivity contribution is 7.99. The Labute approximate surface area is 165 Å². The third kappa shape index (κ3) is 3.48. The van der Waals surface area contributed by atoms with Crippen molar-refractivity contribution in [2.24, 2.45) is 0 Å². The lowest BCUT2D eigenvalue weighted by Gasteiger charge is -2.10. The number of non-ortho nitro benzene ring substituents is 1. The number of nitro groups is 1. The van der Waals surface area contributed by atoms with E-state index in [0.717, 1.165) is 34.8 Å². The van der Waals surface area contributed by atoms with Crippen LogP contribution in [-0.4, -0.2) is 28.6 Å². The van der Waals surface area contributed by atoms with Crippen molar-refractivity contribution in [3.63, 3.8) is 0 Å². The summed E-state index contributed by atoms with van der Waals surface area (Å²) in [6, 6.07) is 10.7. The number of aromatic nitrogens is 2. The maximum atomic E-state index is 12.7. The van der Waals surface area contributed by atoms with Crippen LogP contribution < -0.4 is 4.72 Å². The van der Waals surface area contributed by atoms with Gasteiger partial charge in [-0.05, 0) is 24.6 Å². The van der Waals surface area contributed by atoms with Gasteiger partial charge in [-0.2, -0.15) is 0 Å². The molecule has 0 amide bonds. The number of thioether (sulfide) groups is 1. The first kappa shape index (κ1) is 18.5. The van der Waals surface area contributed by atoms with Crippen LogP contribution in [0.3, 0.4) is 0 Å². The minimum atomic E-state index is -3.95. The highest BCUT2D eigenvalue weighted by atomic mass is 32.2. The molecule has 2 aromatic carbocycles. The minimum absolute atomic E-state index is 0.117. The van der Waals surface area contributed by atoms with E-state index < -0.39 is 14.9 Å². The fourth-order valence-corrected chi connectivity index (χ4v) is 5.23. The van der Waals surface area contributed by atoms with Crippen LogP contribution in [0.15, 0.2) is 58.7 Å². The number of hydrogen-bond donors (Lipinski definition) is 1. The number of aryl methyl sites for hydroxylation is 2. The number of hydrogen-bond acceptors (Lipinski definition) is 6. The van der Waals surface area contributed by atoms with E-state index in [0.29, 0.717) is 11.3 Å². The van der Waals surface area contributed by atoms with E-state index in [2.05, 4.69) is 14.3 Å². The maximum Gasteiger partial charge on any atom is 0.270 e. The Kier molecular flexibility index (Phi) is 4.60. The summed E-state index contributed by atoms with van der Waals surface area (Å²) >= 11 is 1.71. The van der Waals surface area contributed by atoms with E-state index in [1.807, 2.05) is 6.20 Å². The molecule has 0 saturated carbocycles. The zero-order valence-electron chi connectivity index (χ0n) is 14.8. The molecule has 0 fully saturated rings. The summed E-state index contributed by atoms with van der Waals surface area (Å²) in [6.07, 6.45) is 1.99. The molecule has 28 heavy (non-hydrogen) atoms. The molecule has 1 N–H and O–H groups in total. The molecule has 1 aromatic heterocycles. The molecule has 4 rings (SSSR count). The molecule has 0 aliphatic carbocycles. The van der Waals surface area contributed by atoms with Crippen LogP contribution in [0.1, 0.15) is 5.56 Å². The molecule has 0 bridgehead atoms. The molecule has 3 aromatic rings. The van der Waals surface area contributed by atoms with Crippen molar-refractivity contribution in [2.45, 2.75) is 23.5 Å². The Hall–Kier alpha value is -2.85. The molecule has 0 atom stereocenters. The number of imidazole rings is 1. The summed E-state index contributed by atoms with van der Waals surface area (Å²) in [5, 5.41) is 11.9. The molecule has 2 heterocycles. The van der Waals surface area contributed by atoms with E-state index in [9.17, 15) is 18.5 Å². The quantitative estimate of drug-likeness (QED) is 0.502. The van der Waals surface area contributed by atoms with Crippen LogP contribution in [0.2, 0.25) is 0 Å². The summed E-state index contributed by atoms with van der Waals surface area (Å²) < 4.78 is 30.0. The summed E-state index contributed by atoms with van der Waals surface area (Å²) in [6.45, 7) is 2.53. The van der Waals surface area contributed by atoms with Crippen molar-refractivity contribution < 1.29 is 13.3 Å². The van der Waals surface area contributed by atoms with Crippen LogP contribution in [-0.2, 0) is 16.6 Å². The first-order valence-electron chi connectivity index (χ1n) is 8.42. The molecule has 10 heteroatoms. The molecule has 0 spiro atoms. The van der Waals surface area contributed by atoms with Crippen molar-refractivity contribution in [1.29, 1.82) is 0 Å². The third-order valence-electron chi connectivity index (χ3n) is 4.41. The second kappa shape index (κ2) is 6.95. The summed E-state index contributed by atoms with van der Waals surface area (Å²) in [7, 11) is -3.95. The van der Waals surface area contributed by atoms with E-state index in [1.165, 1.54) is 12.1 Å². The van der Waals surface area contributed by atoms with Gasteiger partial charge < -0.3 is 4.57 Å². The molecule has 144 valence electrons. The maximum absolute atomic E-state index is 12.7. The van der Waals surface area contributed by atoms with Gasteiger partial charge in [-0.1, -0.05) is 30.0 Å². The van der Waals surface area contributed by atoms with Gasteiger partial charge in [0.1, 0.15) is 0 Å². The average Bonchev–Trinajstić information content (AvgIpc) is 3.24. The number of benzene rings is 2. The number of nitrogens with zero attached hydrogens (tertiary/aromatic N) is 3. The molecule has 1 aliphatic heterocycles. The topological polar surface area (TPSA) is 107 Å². The van der Waals surface area contributed by atoms with Crippen LogP contribution in [0.4, 0.5) is 11.4 Å². The van der Waals surface area contributed by atoms with Gasteiger partial charge in [0.2, 0.25) is 0 Å². The normalized spacial score (nSPS) is 13.3. The van der Waals surface area contributed by atoms with E-state index in [1.54, 1.807) is 43.0 Å². The standard InChI is InChI=1S/C18H16N4O4S2/c1-12-2-7-15(22(23)24)10-17(12)28(25,26)20-14-5-3-13(4-6-14)16-11-21-8-9-27-18(21)19-16/h2-7,10-11,20H,8-9H2,1H3. The lowest BCUT2D eigenvalue weighted by atomic mass is 10.1. The second-order valence-electron chi connectivity index (χ2n) is 6.34. The SMILES string of the molecule is Cc1ccc([N+](=O)[O-])cc1S(=O)(=O)Nc1ccc(-c2cn3c(n2)SCC3)cc1. The number of anilines is 1. The van der Waals surface area contributed by atoms with Crippen LogP contribution in [0, 0.1) is 17.0 Å². The summed E-state index contributed by atoms with van der Waals surface area (Å²) in [5.41, 5.74) is 2.26. The van der Waals surface area contributed by atoms with Gasteiger partial charge >= 0.3 is 0 Å². The van der Waals surface area contributed by atoms with Crippen LogP contribution >= 0.6 is 11.8 Å². The van der Waals surface area contributed by atoms with Gasteiger partial charge in [0.05, 0.1) is 15.5 Å². The number of sulfonamides is 1. The van der Waals surface area contributed by atoms with Gasteiger partial charge in [0.25, 0.3) is 15.7 Å². The Bertz CT molecular complexity index is 1150. The van der Waals surface area contributed by atoms with Gasteiger partial charge in [-0.25, -0.2) is 13.4 Å². The van der Waals surface area contributed by atoms with Crippen molar-refractivity contribution in [2.75, 3.05) is 10.5 Å². The summed E-state index contributed by atoms with van der Waals surface area (Å²) in [5.74, 6) is 1.03. The summed E-state index contributed by atoms with van der Waals surface area (Å²) in [4.78, 5) is 14.8. The lowest BCUT2D eigenvalue weighted by molar-refractivity contribution is -0.385.